The fraction of sp³-hybridized carbons (Fsp3) is 0.529. The van der Waals surface area contributed by atoms with Crippen LogP contribution >= 0.6 is 11.8 Å². The van der Waals surface area contributed by atoms with E-state index >= 15 is 0 Å². The molecule has 1 fully saturated rings. The van der Waals surface area contributed by atoms with Crippen LogP contribution in [0.1, 0.15) is 45.4 Å². The molecule has 1 aromatic rings. The molecule has 5 heteroatoms. The van der Waals surface area contributed by atoms with Gasteiger partial charge in [0.05, 0.1) is 5.69 Å². The summed E-state index contributed by atoms with van der Waals surface area (Å²) in [7, 11) is 0. The molecular formula is C17H23NO3S. The summed E-state index contributed by atoms with van der Waals surface area (Å²) in [6.45, 7) is 1.98. The number of anilines is 1. The first kappa shape index (κ1) is 16.9. The van der Waals surface area contributed by atoms with Crippen LogP contribution in [-0.4, -0.2) is 22.2 Å². The number of para-hydroxylation sites is 1. The third-order valence-corrected chi connectivity index (χ3v) is 5.30. The van der Waals surface area contributed by atoms with E-state index in [1.54, 1.807) is 0 Å². The summed E-state index contributed by atoms with van der Waals surface area (Å²) in [6.07, 6.45) is 5.58. The van der Waals surface area contributed by atoms with Gasteiger partial charge in [-0.2, -0.15) is 0 Å². The van der Waals surface area contributed by atoms with E-state index in [0.717, 1.165) is 42.7 Å². The number of aliphatic carboxylic acids is 1. The number of rotatable bonds is 7. The van der Waals surface area contributed by atoms with Crippen LogP contribution < -0.4 is 5.32 Å². The average molecular weight is 321 g/mol. The van der Waals surface area contributed by atoms with Gasteiger partial charge >= 0.3 is 5.97 Å². The lowest BCUT2D eigenvalue weighted by Gasteiger charge is -2.16. The number of hydrogen-bond acceptors (Lipinski definition) is 3. The molecule has 0 aliphatic heterocycles. The van der Waals surface area contributed by atoms with Crippen molar-refractivity contribution in [2.24, 2.45) is 5.92 Å². The Balaban J connectivity index is 2.08. The fourth-order valence-corrected chi connectivity index (χ4v) is 3.91. The highest BCUT2D eigenvalue weighted by Crippen LogP contribution is 2.34. The van der Waals surface area contributed by atoms with Gasteiger partial charge in [-0.3, -0.25) is 9.59 Å². The largest absolute Gasteiger partial charge is 0.480 e. The number of carbonyl (C=O) groups is 2. The molecule has 1 atom stereocenters. The normalized spacial score (nSPS) is 16.4. The van der Waals surface area contributed by atoms with Crippen LogP contribution in [-0.2, 0) is 9.59 Å². The van der Waals surface area contributed by atoms with Crippen molar-refractivity contribution in [2.45, 2.75) is 55.6 Å². The van der Waals surface area contributed by atoms with Crippen LogP contribution in [0, 0.1) is 5.92 Å². The van der Waals surface area contributed by atoms with Gasteiger partial charge in [0.1, 0.15) is 5.25 Å². The van der Waals surface area contributed by atoms with Crippen LogP contribution in [0.4, 0.5) is 5.69 Å². The number of nitrogens with one attached hydrogen (secondary N) is 1. The van der Waals surface area contributed by atoms with E-state index in [0.29, 0.717) is 6.42 Å². The minimum absolute atomic E-state index is 0.0629. The number of amides is 1. The summed E-state index contributed by atoms with van der Waals surface area (Å²) in [5.74, 6) is -0.638. The second kappa shape index (κ2) is 8.22. The first-order chi connectivity index (χ1) is 10.6. The number of hydrogen-bond donors (Lipinski definition) is 2. The predicted octanol–water partition coefficient (Wildman–Crippen LogP) is 4.16. The predicted molar refractivity (Wildman–Crippen MR) is 89.2 cm³/mol. The molecule has 0 bridgehead atoms. The zero-order valence-corrected chi connectivity index (χ0v) is 13.7. The van der Waals surface area contributed by atoms with Crippen LogP contribution in [0.15, 0.2) is 29.2 Å². The van der Waals surface area contributed by atoms with Crippen molar-refractivity contribution in [1.29, 1.82) is 0 Å². The standard InChI is InChI=1S/C17H23NO3S/c1-2-7-15(17(20)21)22-14-11-6-5-10-13(14)18-16(19)12-8-3-4-9-12/h5-6,10-12,15H,2-4,7-9H2,1H3,(H,18,19)(H,20,21)/t15-/m0/s1. The van der Waals surface area contributed by atoms with E-state index < -0.39 is 11.2 Å². The zero-order chi connectivity index (χ0) is 15.9. The molecule has 0 radical (unpaired) electrons. The minimum Gasteiger partial charge on any atom is -0.480 e. The van der Waals surface area contributed by atoms with E-state index in [-0.39, 0.29) is 11.8 Å². The molecule has 2 N–H and O–H groups in total. The first-order valence-electron chi connectivity index (χ1n) is 7.91. The molecule has 0 heterocycles. The number of carboxylic acids is 1. The van der Waals surface area contributed by atoms with E-state index in [9.17, 15) is 14.7 Å². The monoisotopic (exact) mass is 321 g/mol. The molecule has 22 heavy (non-hydrogen) atoms. The molecular weight excluding hydrogens is 298 g/mol. The highest BCUT2D eigenvalue weighted by atomic mass is 32.2. The second-order valence-corrected chi connectivity index (χ2v) is 6.94. The number of benzene rings is 1. The Morgan fingerprint density at radius 1 is 1.32 bits per heavy atom. The van der Waals surface area contributed by atoms with Crippen molar-refractivity contribution < 1.29 is 14.7 Å². The summed E-state index contributed by atoms with van der Waals surface area (Å²) >= 11 is 1.32. The molecule has 0 saturated heterocycles. The summed E-state index contributed by atoms with van der Waals surface area (Å²) < 4.78 is 0. The molecule has 4 nitrogen and oxygen atoms in total. The van der Waals surface area contributed by atoms with E-state index in [1.165, 1.54) is 11.8 Å². The summed E-state index contributed by atoms with van der Waals surface area (Å²) in [5.41, 5.74) is 0.728. The molecule has 1 saturated carbocycles. The topological polar surface area (TPSA) is 66.4 Å². The quantitative estimate of drug-likeness (QED) is 0.740. The third kappa shape index (κ3) is 4.50. The van der Waals surface area contributed by atoms with Crippen molar-refractivity contribution in [2.75, 3.05) is 5.32 Å². The van der Waals surface area contributed by atoms with Gasteiger partial charge in [0.25, 0.3) is 0 Å². The molecule has 1 aromatic carbocycles. The van der Waals surface area contributed by atoms with Gasteiger partial charge in [-0.25, -0.2) is 0 Å². The Morgan fingerprint density at radius 3 is 2.64 bits per heavy atom. The van der Waals surface area contributed by atoms with Crippen LogP contribution in [0.25, 0.3) is 0 Å². The smallest absolute Gasteiger partial charge is 0.316 e. The highest BCUT2D eigenvalue weighted by molar-refractivity contribution is 8.00. The van der Waals surface area contributed by atoms with Crippen molar-refractivity contribution in [3.05, 3.63) is 24.3 Å². The minimum atomic E-state index is -0.802. The van der Waals surface area contributed by atoms with E-state index in [4.69, 9.17) is 0 Å². The summed E-state index contributed by atoms with van der Waals surface area (Å²) in [5, 5.41) is 11.8. The van der Waals surface area contributed by atoms with Crippen LogP contribution in [0.5, 0.6) is 0 Å². The van der Waals surface area contributed by atoms with Gasteiger partial charge in [-0.1, -0.05) is 38.3 Å². The van der Waals surface area contributed by atoms with Crippen molar-refractivity contribution in [3.63, 3.8) is 0 Å². The van der Waals surface area contributed by atoms with Gasteiger partial charge in [-0.15, -0.1) is 11.8 Å². The van der Waals surface area contributed by atoms with Gasteiger partial charge in [0.15, 0.2) is 0 Å². The molecule has 120 valence electrons. The molecule has 1 amide bonds. The fourth-order valence-electron chi connectivity index (χ4n) is 2.74. The number of carboxylic acid groups (broad SMARTS) is 1. The SMILES string of the molecule is CCC[C@H](Sc1ccccc1NC(=O)C1CCCC1)C(=O)O. The van der Waals surface area contributed by atoms with Crippen LogP contribution in [0.3, 0.4) is 0 Å². The van der Waals surface area contributed by atoms with Crippen molar-refractivity contribution >= 4 is 29.3 Å². The first-order valence-corrected chi connectivity index (χ1v) is 8.79. The van der Waals surface area contributed by atoms with Gasteiger partial charge < -0.3 is 10.4 Å². The van der Waals surface area contributed by atoms with Crippen LogP contribution in [0.2, 0.25) is 0 Å². The molecule has 1 aliphatic carbocycles. The molecule has 1 aliphatic rings. The molecule has 0 aromatic heterocycles. The Morgan fingerprint density at radius 2 is 2.00 bits per heavy atom. The number of carbonyl (C=O) groups excluding carboxylic acids is 1. The summed E-state index contributed by atoms with van der Waals surface area (Å²) in [6, 6.07) is 7.46. The Labute approximate surface area is 135 Å². The highest BCUT2D eigenvalue weighted by Gasteiger charge is 2.24. The van der Waals surface area contributed by atoms with Crippen molar-refractivity contribution in [1.82, 2.24) is 0 Å². The van der Waals surface area contributed by atoms with E-state index in [1.807, 2.05) is 31.2 Å². The van der Waals surface area contributed by atoms with E-state index in [2.05, 4.69) is 5.32 Å². The van der Waals surface area contributed by atoms with Gasteiger partial charge in [0, 0.05) is 10.8 Å². The lowest BCUT2D eigenvalue weighted by atomic mass is 10.1. The maximum Gasteiger partial charge on any atom is 0.316 e. The van der Waals surface area contributed by atoms with Gasteiger partial charge in [-0.05, 0) is 31.4 Å². The lowest BCUT2D eigenvalue weighted by molar-refractivity contribution is -0.136. The second-order valence-electron chi connectivity index (χ2n) is 5.70. The Kier molecular flexibility index (Phi) is 6.31. The maximum absolute atomic E-state index is 12.3. The zero-order valence-electron chi connectivity index (χ0n) is 12.9. The maximum atomic E-state index is 12.3. The molecule has 0 spiro atoms. The summed E-state index contributed by atoms with van der Waals surface area (Å²) in [4.78, 5) is 24.4. The Hall–Kier alpha value is -1.49. The van der Waals surface area contributed by atoms with Crippen molar-refractivity contribution in [3.8, 4) is 0 Å². The third-order valence-electron chi connectivity index (χ3n) is 3.97. The molecule has 2 rings (SSSR count). The average Bonchev–Trinajstić information content (AvgIpc) is 3.03. The Bertz CT molecular complexity index is 526. The number of thioether (sulfide) groups is 1. The van der Waals surface area contributed by atoms with Gasteiger partial charge in [0.2, 0.25) is 5.91 Å². The lowest BCUT2D eigenvalue weighted by Crippen LogP contribution is -2.21. The molecule has 0 unspecified atom stereocenters.